The third-order valence-corrected chi connectivity index (χ3v) is 2.12. The topological polar surface area (TPSA) is 72.6 Å². The van der Waals surface area contributed by atoms with Gasteiger partial charge in [-0.1, -0.05) is 17.7 Å². The molecule has 0 saturated heterocycles. The third kappa shape index (κ3) is 1.79. The van der Waals surface area contributed by atoms with E-state index in [-0.39, 0.29) is 16.4 Å². The molecule has 0 N–H and O–H groups in total. The van der Waals surface area contributed by atoms with Gasteiger partial charge in [0.25, 0.3) is 5.69 Å². The second-order valence-corrected chi connectivity index (χ2v) is 2.90. The lowest BCUT2D eigenvalue weighted by Gasteiger charge is -2.00. The molecule has 0 aliphatic carbocycles. The van der Waals surface area contributed by atoms with E-state index in [1.165, 1.54) is 18.2 Å². The van der Waals surface area contributed by atoms with Gasteiger partial charge in [-0.3, -0.25) is 10.1 Å². The van der Waals surface area contributed by atoms with Crippen molar-refractivity contribution in [1.82, 2.24) is 0 Å². The van der Waals surface area contributed by atoms with Crippen molar-refractivity contribution in [2.75, 3.05) is 0 Å². The summed E-state index contributed by atoms with van der Waals surface area (Å²) < 4.78 is 0. The number of hydrogen-bond donors (Lipinski definition) is 0. The number of hydrogen-bond acceptors (Lipinski definition) is 4. The minimum Gasteiger partial charge on any atom is -0.258 e. The summed E-state index contributed by atoms with van der Waals surface area (Å²) in [6.45, 7) is 1.66. The molecule has 0 amide bonds. The summed E-state index contributed by atoms with van der Waals surface area (Å²) >= 11 is 5.74. The number of carbonyl (C=O) groups excluding carboxylic acids is 1. The van der Waals surface area contributed by atoms with Crippen LogP contribution in [-0.4, -0.2) is 11.0 Å². The number of halogens is 1. The number of aryl methyl sites for hydroxylation is 1. The lowest BCUT2D eigenvalue weighted by atomic mass is 10.2. The maximum atomic E-state index is 10.5. The van der Waals surface area contributed by atoms with Crippen LogP contribution in [0.25, 0.3) is 0 Å². The van der Waals surface area contributed by atoms with Crippen molar-refractivity contribution in [2.45, 2.75) is 6.92 Å². The molecule has 0 radical (unpaired) electrons. The summed E-state index contributed by atoms with van der Waals surface area (Å²) in [6, 6.07) is 2.74. The number of nitro benzene ring substituents is 1. The summed E-state index contributed by atoms with van der Waals surface area (Å²) in [5.41, 5.74) is 0.168. The molecule has 0 saturated carbocycles. The van der Waals surface area contributed by atoms with E-state index in [1.54, 1.807) is 6.92 Å². The van der Waals surface area contributed by atoms with E-state index in [2.05, 4.69) is 4.99 Å². The lowest BCUT2D eigenvalue weighted by molar-refractivity contribution is -0.384. The lowest BCUT2D eigenvalue weighted by Crippen LogP contribution is -1.90. The van der Waals surface area contributed by atoms with Gasteiger partial charge >= 0.3 is 0 Å². The number of rotatable bonds is 2. The highest BCUT2D eigenvalue weighted by Gasteiger charge is 2.17. The number of benzene rings is 1. The van der Waals surface area contributed by atoms with Crippen molar-refractivity contribution >= 4 is 29.1 Å². The first-order valence-electron chi connectivity index (χ1n) is 3.59. The Balaban J connectivity index is 3.52. The molecule has 0 heterocycles. The van der Waals surface area contributed by atoms with Crippen molar-refractivity contribution in [3.63, 3.8) is 0 Å². The van der Waals surface area contributed by atoms with Crippen LogP contribution in [0.4, 0.5) is 11.4 Å². The smallest absolute Gasteiger partial charge is 0.258 e. The van der Waals surface area contributed by atoms with Crippen LogP contribution in [0.1, 0.15) is 5.56 Å². The zero-order valence-corrected chi connectivity index (χ0v) is 7.91. The quantitative estimate of drug-likeness (QED) is 0.327. The Labute approximate surface area is 84.2 Å². The number of nitrogens with zero attached hydrogens (tertiary/aromatic N) is 2. The van der Waals surface area contributed by atoms with Crippen molar-refractivity contribution in [1.29, 1.82) is 0 Å². The van der Waals surface area contributed by atoms with E-state index in [1.807, 2.05) is 0 Å². The first kappa shape index (κ1) is 10.4. The summed E-state index contributed by atoms with van der Waals surface area (Å²) in [4.78, 5) is 23.1. The van der Waals surface area contributed by atoms with E-state index in [0.717, 1.165) is 0 Å². The first-order valence-corrected chi connectivity index (χ1v) is 3.97. The molecule has 0 spiro atoms. The van der Waals surface area contributed by atoms with Gasteiger partial charge in [0.15, 0.2) is 5.69 Å². The zero-order valence-electron chi connectivity index (χ0n) is 7.15. The first-order chi connectivity index (χ1) is 6.57. The van der Waals surface area contributed by atoms with Crippen LogP contribution in [0.3, 0.4) is 0 Å². The maximum Gasteiger partial charge on any atom is 0.297 e. The number of aliphatic imine (C=N–C) groups is 1. The second kappa shape index (κ2) is 4.00. The van der Waals surface area contributed by atoms with Gasteiger partial charge in [-0.05, 0) is 12.5 Å². The highest BCUT2D eigenvalue weighted by Crippen LogP contribution is 2.36. The van der Waals surface area contributed by atoms with Gasteiger partial charge in [0.1, 0.15) is 0 Å². The van der Waals surface area contributed by atoms with Crippen LogP contribution in [0.5, 0.6) is 0 Å². The van der Waals surface area contributed by atoms with Gasteiger partial charge in [0, 0.05) is 6.07 Å². The van der Waals surface area contributed by atoms with Crippen LogP contribution in [0.2, 0.25) is 5.02 Å². The molecule has 0 fully saturated rings. The van der Waals surface area contributed by atoms with Gasteiger partial charge in [-0.15, -0.1) is 0 Å². The van der Waals surface area contributed by atoms with E-state index in [4.69, 9.17) is 11.6 Å². The highest BCUT2D eigenvalue weighted by molar-refractivity contribution is 6.34. The standard InChI is InChI=1S/C8H5ClN2O3/c1-5-2-3-6(11(13)14)8(7(5)9)10-4-12/h2-3H,1H3. The molecule has 0 aromatic heterocycles. The average Bonchev–Trinajstić information content (AvgIpc) is 2.13. The second-order valence-electron chi connectivity index (χ2n) is 2.52. The summed E-state index contributed by atoms with van der Waals surface area (Å²) in [5, 5.41) is 10.6. The monoisotopic (exact) mass is 212 g/mol. The molecule has 0 aliphatic heterocycles. The fraction of sp³-hybridized carbons (Fsp3) is 0.125. The molecule has 1 rings (SSSR count). The van der Waals surface area contributed by atoms with Crippen LogP contribution in [0, 0.1) is 17.0 Å². The molecular weight excluding hydrogens is 208 g/mol. The summed E-state index contributed by atoms with van der Waals surface area (Å²) in [7, 11) is 0. The summed E-state index contributed by atoms with van der Waals surface area (Å²) in [5.74, 6) is 0. The maximum absolute atomic E-state index is 10.5. The highest BCUT2D eigenvalue weighted by atomic mass is 35.5. The molecule has 14 heavy (non-hydrogen) atoms. The van der Waals surface area contributed by atoms with E-state index in [0.29, 0.717) is 5.56 Å². The van der Waals surface area contributed by atoms with E-state index in [9.17, 15) is 14.9 Å². The molecule has 0 aliphatic rings. The number of isocyanates is 1. The van der Waals surface area contributed by atoms with Crippen LogP contribution < -0.4 is 0 Å². The van der Waals surface area contributed by atoms with Gasteiger partial charge < -0.3 is 0 Å². The Bertz CT molecular complexity index is 438. The van der Waals surface area contributed by atoms with Gasteiger partial charge in [-0.25, -0.2) is 4.79 Å². The molecule has 0 unspecified atom stereocenters. The SMILES string of the molecule is Cc1ccc([N+](=O)[O-])c(N=C=O)c1Cl. The molecular formula is C8H5ClN2O3. The summed E-state index contributed by atoms with van der Waals surface area (Å²) in [6.07, 6.45) is 1.23. The Morgan fingerprint density at radius 3 is 2.71 bits per heavy atom. The van der Waals surface area contributed by atoms with Gasteiger partial charge in [0.2, 0.25) is 6.08 Å². The molecule has 5 nitrogen and oxygen atoms in total. The Kier molecular flexibility index (Phi) is 2.96. The van der Waals surface area contributed by atoms with Gasteiger partial charge in [-0.2, -0.15) is 4.99 Å². The van der Waals surface area contributed by atoms with E-state index < -0.39 is 4.92 Å². The Morgan fingerprint density at radius 2 is 2.21 bits per heavy atom. The van der Waals surface area contributed by atoms with E-state index >= 15 is 0 Å². The molecule has 1 aromatic carbocycles. The normalized spacial score (nSPS) is 9.29. The van der Waals surface area contributed by atoms with Crippen LogP contribution in [-0.2, 0) is 4.79 Å². The Hall–Kier alpha value is -1.71. The fourth-order valence-electron chi connectivity index (χ4n) is 0.955. The van der Waals surface area contributed by atoms with Crippen molar-refractivity contribution in [2.24, 2.45) is 4.99 Å². The molecule has 72 valence electrons. The largest absolute Gasteiger partial charge is 0.297 e. The van der Waals surface area contributed by atoms with Crippen molar-refractivity contribution < 1.29 is 9.72 Å². The third-order valence-electron chi connectivity index (χ3n) is 1.64. The average molecular weight is 213 g/mol. The molecule has 6 heteroatoms. The zero-order chi connectivity index (χ0) is 10.7. The van der Waals surface area contributed by atoms with Crippen molar-refractivity contribution in [3.05, 3.63) is 32.8 Å². The minimum atomic E-state index is -0.651. The predicted molar refractivity (Wildman–Crippen MR) is 50.6 cm³/mol. The molecule has 0 bridgehead atoms. The fourth-order valence-corrected chi connectivity index (χ4v) is 1.16. The van der Waals surface area contributed by atoms with Crippen molar-refractivity contribution in [3.8, 4) is 0 Å². The van der Waals surface area contributed by atoms with Crippen LogP contribution >= 0.6 is 11.6 Å². The predicted octanol–water partition coefficient (Wildman–Crippen LogP) is 2.52. The number of nitro groups is 1. The minimum absolute atomic E-state index is 0.0996. The van der Waals surface area contributed by atoms with Gasteiger partial charge in [0.05, 0.1) is 9.95 Å². The Morgan fingerprint density at radius 1 is 1.57 bits per heavy atom. The molecule has 0 atom stereocenters. The van der Waals surface area contributed by atoms with Crippen LogP contribution in [0.15, 0.2) is 17.1 Å². The molecule has 1 aromatic rings.